The van der Waals surface area contributed by atoms with E-state index in [1.807, 2.05) is 56.8 Å². The summed E-state index contributed by atoms with van der Waals surface area (Å²) in [7, 11) is 0. The molecule has 0 saturated carbocycles. The maximum Gasteiger partial charge on any atom is 0.167 e. The first-order chi connectivity index (χ1) is 13.9. The van der Waals surface area contributed by atoms with Gasteiger partial charge in [0.1, 0.15) is 17.4 Å². The van der Waals surface area contributed by atoms with Gasteiger partial charge in [0.25, 0.3) is 0 Å². The van der Waals surface area contributed by atoms with Gasteiger partial charge in [-0.3, -0.25) is 4.79 Å². The number of carbonyl (C=O) groups excluding carboxylic acids is 1. The van der Waals surface area contributed by atoms with E-state index < -0.39 is 0 Å². The van der Waals surface area contributed by atoms with Crippen molar-refractivity contribution >= 4 is 28.9 Å². The largest absolute Gasteiger partial charge is 0.486 e. The molecular weight excluding hydrogens is 398 g/mol. The molecule has 3 rings (SSSR count). The second-order valence-electron chi connectivity index (χ2n) is 6.51. The van der Waals surface area contributed by atoms with Crippen molar-refractivity contribution < 1.29 is 9.53 Å². The Hall–Kier alpha value is -2.11. The van der Waals surface area contributed by atoms with Gasteiger partial charge in [-0.05, 0) is 51.5 Å². The van der Waals surface area contributed by atoms with Crippen molar-refractivity contribution in [2.45, 2.75) is 51.7 Å². The summed E-state index contributed by atoms with van der Waals surface area (Å²) in [6, 6.07) is 16.4. The van der Waals surface area contributed by atoms with Gasteiger partial charge in [0.2, 0.25) is 0 Å². The number of hydrogen-bond acceptors (Lipinski definition) is 5. The molecular formula is C24H29NO2S2. The third-order valence-electron chi connectivity index (χ3n) is 4.11. The van der Waals surface area contributed by atoms with Crippen molar-refractivity contribution in [3.63, 3.8) is 0 Å². The first-order valence-electron chi connectivity index (χ1n) is 9.86. The molecule has 1 aromatic heterocycles. The number of ether oxygens (including phenoxy) is 1. The predicted molar refractivity (Wildman–Crippen MR) is 125 cm³/mol. The zero-order valence-corrected chi connectivity index (χ0v) is 19.6. The number of hydrogen-bond donors (Lipinski definition) is 0. The lowest BCUT2D eigenvalue weighted by molar-refractivity contribution is -0.118. The first kappa shape index (κ1) is 23.2. The maximum atomic E-state index is 11.1. The van der Waals surface area contributed by atoms with Crippen molar-refractivity contribution in [3.8, 4) is 16.3 Å². The van der Waals surface area contributed by atoms with Crippen molar-refractivity contribution in [3.05, 3.63) is 64.7 Å². The Morgan fingerprint density at radius 2 is 1.83 bits per heavy atom. The second-order valence-corrected chi connectivity index (χ2v) is 8.96. The van der Waals surface area contributed by atoms with Gasteiger partial charge in [-0.25, -0.2) is 4.98 Å². The summed E-state index contributed by atoms with van der Waals surface area (Å²) in [5.41, 5.74) is 3.30. The molecule has 0 N–H and O–H groups in total. The number of thiazole rings is 1. The molecule has 154 valence electrons. The Bertz CT molecular complexity index is 935. The quantitative estimate of drug-likeness (QED) is 0.372. The van der Waals surface area contributed by atoms with Crippen LogP contribution < -0.4 is 4.74 Å². The third-order valence-corrected chi connectivity index (χ3v) is 6.77. The highest BCUT2D eigenvalue weighted by molar-refractivity contribution is 7.99. The summed E-state index contributed by atoms with van der Waals surface area (Å²) in [5, 5.41) is 1.38. The number of rotatable bonds is 7. The molecule has 0 spiro atoms. The zero-order chi connectivity index (χ0) is 21.4. The highest BCUT2D eigenvalue weighted by atomic mass is 32.2. The van der Waals surface area contributed by atoms with E-state index in [2.05, 4.69) is 38.1 Å². The van der Waals surface area contributed by atoms with Crippen LogP contribution in [0.2, 0.25) is 0 Å². The topological polar surface area (TPSA) is 39.2 Å². The summed E-state index contributed by atoms with van der Waals surface area (Å²) in [4.78, 5) is 18.4. The SMILES string of the molecule is CC.CC(=O)COc1ccc(SC(C)c2sc(-c3ccccc3)nc2C)cc1C. The van der Waals surface area contributed by atoms with Crippen molar-refractivity contribution in [1.29, 1.82) is 0 Å². The normalized spacial score (nSPS) is 11.4. The van der Waals surface area contributed by atoms with Crippen LogP contribution in [0.5, 0.6) is 5.75 Å². The molecule has 5 heteroatoms. The standard InChI is InChI=1S/C22H23NO2S2.C2H6/c1-14-12-19(10-11-20(14)25-13-15(2)24)26-17(4)21-16(3)23-22(27-21)18-8-6-5-7-9-18;1-2/h5-12,17H,13H2,1-4H3;1-2H3. The monoisotopic (exact) mass is 427 g/mol. The molecule has 0 radical (unpaired) electrons. The lowest BCUT2D eigenvalue weighted by Crippen LogP contribution is -2.07. The lowest BCUT2D eigenvalue weighted by Gasteiger charge is -2.13. The van der Waals surface area contributed by atoms with Gasteiger partial charge >= 0.3 is 0 Å². The molecule has 0 saturated heterocycles. The minimum atomic E-state index is 0.0244. The van der Waals surface area contributed by atoms with Crippen LogP contribution in [0.4, 0.5) is 0 Å². The van der Waals surface area contributed by atoms with Gasteiger partial charge in [0.05, 0.1) is 5.69 Å². The molecule has 0 aliphatic heterocycles. The summed E-state index contributed by atoms with van der Waals surface area (Å²) < 4.78 is 5.55. The number of nitrogens with zero attached hydrogens (tertiary/aromatic N) is 1. The molecule has 3 nitrogen and oxygen atoms in total. The summed E-state index contributed by atoms with van der Waals surface area (Å²) in [6.45, 7) is 12.0. The Labute approximate surface area is 182 Å². The van der Waals surface area contributed by atoms with Gasteiger partial charge in [-0.15, -0.1) is 23.1 Å². The zero-order valence-electron chi connectivity index (χ0n) is 18.0. The van der Waals surface area contributed by atoms with Crippen molar-refractivity contribution in [1.82, 2.24) is 4.98 Å². The fourth-order valence-electron chi connectivity index (χ4n) is 2.78. The summed E-state index contributed by atoms with van der Waals surface area (Å²) >= 11 is 3.58. The molecule has 0 aliphatic rings. The molecule has 0 aliphatic carbocycles. The Morgan fingerprint density at radius 3 is 2.45 bits per heavy atom. The molecule has 1 unspecified atom stereocenters. The Balaban J connectivity index is 0.00000145. The van der Waals surface area contributed by atoms with Crippen molar-refractivity contribution in [2.24, 2.45) is 0 Å². The molecule has 2 aromatic carbocycles. The summed E-state index contributed by atoms with van der Waals surface area (Å²) in [5.74, 6) is 0.791. The highest BCUT2D eigenvalue weighted by Gasteiger charge is 2.17. The minimum absolute atomic E-state index is 0.0244. The van der Waals surface area contributed by atoms with E-state index in [9.17, 15) is 4.79 Å². The van der Waals surface area contributed by atoms with Crippen LogP contribution in [0.25, 0.3) is 10.6 Å². The summed E-state index contributed by atoms with van der Waals surface area (Å²) in [6.07, 6.45) is 0. The van der Waals surface area contributed by atoms with Crippen LogP contribution in [0.1, 0.15) is 49.1 Å². The maximum absolute atomic E-state index is 11.1. The van der Waals surface area contributed by atoms with Crippen molar-refractivity contribution in [2.75, 3.05) is 6.61 Å². The molecule has 3 aromatic rings. The van der Waals surface area contributed by atoms with E-state index in [0.29, 0.717) is 5.25 Å². The van der Waals surface area contributed by atoms with Gasteiger partial charge < -0.3 is 4.74 Å². The van der Waals surface area contributed by atoms with Gasteiger partial charge in [-0.1, -0.05) is 44.2 Å². The fraction of sp³-hybridized carbons (Fsp3) is 0.333. The first-order valence-corrected chi connectivity index (χ1v) is 11.6. The fourth-order valence-corrected chi connectivity index (χ4v) is 5.15. The van der Waals surface area contributed by atoms with Gasteiger partial charge in [0, 0.05) is 20.6 Å². The number of ketones is 1. The number of aryl methyl sites for hydroxylation is 2. The predicted octanol–water partition coefficient (Wildman–Crippen LogP) is 7.27. The van der Waals surface area contributed by atoms with Crippen LogP contribution in [0.15, 0.2) is 53.4 Å². The molecule has 0 amide bonds. The van der Waals surface area contributed by atoms with E-state index in [-0.39, 0.29) is 12.4 Å². The van der Waals surface area contributed by atoms with Crippen LogP contribution in [-0.2, 0) is 4.79 Å². The Kier molecular flexibility index (Phi) is 8.93. The number of carbonyl (C=O) groups is 1. The van der Waals surface area contributed by atoms with E-state index in [1.165, 1.54) is 16.7 Å². The van der Waals surface area contributed by atoms with Gasteiger partial charge in [0.15, 0.2) is 5.78 Å². The van der Waals surface area contributed by atoms with Crippen LogP contribution in [0, 0.1) is 13.8 Å². The average Bonchev–Trinajstić information content (AvgIpc) is 3.11. The van der Waals surface area contributed by atoms with E-state index in [4.69, 9.17) is 9.72 Å². The Morgan fingerprint density at radius 1 is 1.14 bits per heavy atom. The van der Waals surface area contributed by atoms with E-state index >= 15 is 0 Å². The minimum Gasteiger partial charge on any atom is -0.486 e. The number of benzene rings is 2. The number of Topliss-reactive ketones (excluding diaryl/α,β-unsaturated/α-hetero) is 1. The molecule has 0 bridgehead atoms. The van der Waals surface area contributed by atoms with Crippen LogP contribution >= 0.6 is 23.1 Å². The number of thioether (sulfide) groups is 1. The molecule has 0 fully saturated rings. The third kappa shape index (κ3) is 6.44. The van der Waals surface area contributed by atoms with E-state index in [1.54, 1.807) is 11.3 Å². The van der Waals surface area contributed by atoms with E-state index in [0.717, 1.165) is 27.6 Å². The van der Waals surface area contributed by atoms with Crippen LogP contribution in [0.3, 0.4) is 0 Å². The van der Waals surface area contributed by atoms with Gasteiger partial charge in [-0.2, -0.15) is 0 Å². The number of aromatic nitrogens is 1. The smallest absolute Gasteiger partial charge is 0.167 e. The molecule has 29 heavy (non-hydrogen) atoms. The average molecular weight is 428 g/mol. The van der Waals surface area contributed by atoms with Crippen LogP contribution in [-0.4, -0.2) is 17.4 Å². The molecule has 1 heterocycles. The molecule has 1 atom stereocenters. The second kappa shape index (κ2) is 11.2. The lowest BCUT2D eigenvalue weighted by atomic mass is 10.2. The highest BCUT2D eigenvalue weighted by Crippen LogP contribution is 2.41.